The molecular weight excluding hydrogens is 394 g/mol. The van der Waals surface area contributed by atoms with Crippen molar-refractivity contribution in [2.24, 2.45) is 0 Å². The van der Waals surface area contributed by atoms with Crippen molar-refractivity contribution < 1.29 is 23.6 Å². The third-order valence-corrected chi connectivity index (χ3v) is 5.30. The molecule has 4 rings (SSSR count). The lowest BCUT2D eigenvalue weighted by Crippen LogP contribution is -2.39. The topological polar surface area (TPSA) is 94.8 Å². The van der Waals surface area contributed by atoms with Gasteiger partial charge < -0.3 is 14.0 Å². The van der Waals surface area contributed by atoms with Crippen molar-refractivity contribution in [2.45, 2.75) is 11.5 Å². The Hall–Kier alpha value is -3.33. The molecule has 148 valence electrons. The van der Waals surface area contributed by atoms with Gasteiger partial charge in [0.05, 0.1) is 18.6 Å². The number of amides is 1. The van der Waals surface area contributed by atoms with Gasteiger partial charge in [-0.1, -0.05) is 29.4 Å². The number of ether oxygens (including phenoxy) is 2. The molecule has 9 heteroatoms. The van der Waals surface area contributed by atoms with Crippen LogP contribution < -0.4 is 9.64 Å². The Morgan fingerprint density at radius 1 is 1.24 bits per heavy atom. The molecule has 0 spiro atoms. The fourth-order valence-electron chi connectivity index (χ4n) is 2.84. The second-order valence-corrected chi connectivity index (χ2v) is 7.16. The van der Waals surface area contributed by atoms with E-state index in [2.05, 4.69) is 10.1 Å². The van der Waals surface area contributed by atoms with E-state index in [9.17, 15) is 9.59 Å². The van der Waals surface area contributed by atoms with Gasteiger partial charge in [0.2, 0.25) is 11.7 Å². The van der Waals surface area contributed by atoms with Gasteiger partial charge in [0.25, 0.3) is 5.89 Å². The molecule has 29 heavy (non-hydrogen) atoms. The van der Waals surface area contributed by atoms with Gasteiger partial charge in [0, 0.05) is 10.5 Å². The van der Waals surface area contributed by atoms with E-state index in [1.165, 1.54) is 16.7 Å². The van der Waals surface area contributed by atoms with E-state index in [0.717, 1.165) is 10.5 Å². The molecule has 0 N–H and O–H groups in total. The Kier molecular flexibility index (Phi) is 5.48. The molecule has 0 fully saturated rings. The van der Waals surface area contributed by atoms with E-state index in [1.54, 1.807) is 13.2 Å². The molecule has 1 aliphatic rings. The minimum atomic E-state index is -0.554. The van der Waals surface area contributed by atoms with Crippen molar-refractivity contribution in [1.82, 2.24) is 10.1 Å². The predicted octanol–water partition coefficient (Wildman–Crippen LogP) is 2.93. The van der Waals surface area contributed by atoms with Crippen LogP contribution >= 0.6 is 11.8 Å². The Balaban J connectivity index is 1.38. The first-order valence-electron chi connectivity index (χ1n) is 8.79. The maximum absolute atomic E-state index is 12.3. The zero-order valence-corrected chi connectivity index (χ0v) is 16.3. The summed E-state index contributed by atoms with van der Waals surface area (Å²) < 4.78 is 15.6. The number of rotatable bonds is 6. The van der Waals surface area contributed by atoms with Crippen LogP contribution in [0.5, 0.6) is 5.75 Å². The van der Waals surface area contributed by atoms with Crippen LogP contribution in [-0.4, -0.2) is 41.4 Å². The number of nitrogens with zero attached hydrogens (tertiary/aromatic N) is 3. The van der Waals surface area contributed by atoms with Gasteiger partial charge in [-0.2, -0.15) is 4.98 Å². The predicted molar refractivity (Wildman–Crippen MR) is 106 cm³/mol. The molecule has 0 saturated carbocycles. The number of thioether (sulfide) groups is 1. The summed E-state index contributed by atoms with van der Waals surface area (Å²) in [6.45, 7) is -0.346. The number of methoxy groups -OCH3 is 1. The third kappa shape index (κ3) is 4.24. The van der Waals surface area contributed by atoms with Gasteiger partial charge in [0.1, 0.15) is 12.3 Å². The molecule has 0 atom stereocenters. The summed E-state index contributed by atoms with van der Waals surface area (Å²) in [5.41, 5.74) is 1.43. The van der Waals surface area contributed by atoms with E-state index in [-0.39, 0.29) is 30.7 Å². The molecule has 0 unspecified atom stereocenters. The molecule has 1 aromatic heterocycles. The van der Waals surface area contributed by atoms with Crippen LogP contribution in [0.4, 0.5) is 5.69 Å². The van der Waals surface area contributed by atoms with Gasteiger partial charge in [-0.15, -0.1) is 11.8 Å². The van der Waals surface area contributed by atoms with Gasteiger partial charge in [-0.05, 0) is 24.3 Å². The molecule has 0 saturated heterocycles. The monoisotopic (exact) mass is 411 g/mol. The quantitative estimate of drug-likeness (QED) is 0.572. The second-order valence-electron chi connectivity index (χ2n) is 6.14. The number of hydrogen-bond donors (Lipinski definition) is 0. The Morgan fingerprint density at radius 3 is 2.97 bits per heavy atom. The summed E-state index contributed by atoms with van der Waals surface area (Å²) in [5.74, 6) is 0.803. The molecule has 0 bridgehead atoms. The van der Waals surface area contributed by atoms with Crippen LogP contribution in [0.2, 0.25) is 0 Å². The third-order valence-electron chi connectivity index (χ3n) is 4.25. The highest BCUT2D eigenvalue weighted by atomic mass is 32.2. The number of carbonyl (C=O) groups is 2. The van der Waals surface area contributed by atoms with Gasteiger partial charge in [-0.25, -0.2) is 0 Å². The largest absolute Gasteiger partial charge is 0.497 e. The van der Waals surface area contributed by atoms with Crippen molar-refractivity contribution in [3.05, 3.63) is 54.4 Å². The fraction of sp³-hybridized carbons (Fsp3) is 0.200. The fourth-order valence-corrected chi connectivity index (χ4v) is 3.77. The van der Waals surface area contributed by atoms with Gasteiger partial charge in [-0.3, -0.25) is 14.5 Å². The molecule has 2 heterocycles. The van der Waals surface area contributed by atoms with E-state index >= 15 is 0 Å². The first kappa shape index (κ1) is 19.0. The van der Waals surface area contributed by atoms with Crippen molar-refractivity contribution in [3.63, 3.8) is 0 Å². The number of anilines is 1. The molecule has 0 radical (unpaired) electrons. The molecule has 2 aromatic carbocycles. The maximum atomic E-state index is 12.3. The molecule has 1 aliphatic heterocycles. The lowest BCUT2D eigenvalue weighted by Gasteiger charge is -2.27. The summed E-state index contributed by atoms with van der Waals surface area (Å²) in [5, 5.41) is 3.90. The zero-order chi connectivity index (χ0) is 20.2. The van der Waals surface area contributed by atoms with Crippen LogP contribution in [0.15, 0.2) is 57.9 Å². The van der Waals surface area contributed by atoms with Crippen LogP contribution in [0.3, 0.4) is 0 Å². The molecule has 0 aliphatic carbocycles. The first-order valence-corrected chi connectivity index (χ1v) is 9.77. The molecule has 8 nitrogen and oxygen atoms in total. The van der Waals surface area contributed by atoms with Crippen molar-refractivity contribution >= 4 is 29.3 Å². The van der Waals surface area contributed by atoms with Crippen LogP contribution in [0, 0.1) is 0 Å². The van der Waals surface area contributed by atoms with E-state index in [4.69, 9.17) is 14.0 Å². The van der Waals surface area contributed by atoms with Crippen LogP contribution in [0.25, 0.3) is 11.4 Å². The average Bonchev–Trinajstić information content (AvgIpc) is 3.23. The number of carbonyl (C=O) groups excluding carboxylic acids is 2. The number of benzene rings is 2. The Bertz CT molecular complexity index is 1050. The van der Waals surface area contributed by atoms with Gasteiger partial charge in [0.15, 0.2) is 6.61 Å². The van der Waals surface area contributed by atoms with Crippen molar-refractivity contribution in [3.8, 4) is 17.1 Å². The number of aromatic nitrogens is 2. The van der Waals surface area contributed by atoms with E-state index in [0.29, 0.717) is 17.3 Å². The van der Waals surface area contributed by atoms with Gasteiger partial charge >= 0.3 is 5.97 Å². The molecular formula is C20H17N3O5S. The summed E-state index contributed by atoms with van der Waals surface area (Å²) in [6.07, 6.45) is 0. The lowest BCUT2D eigenvalue weighted by molar-refractivity contribution is -0.144. The van der Waals surface area contributed by atoms with Crippen LogP contribution in [-0.2, 0) is 20.9 Å². The zero-order valence-electron chi connectivity index (χ0n) is 15.5. The normalized spacial score (nSPS) is 13.1. The highest BCUT2D eigenvalue weighted by Gasteiger charge is 2.27. The summed E-state index contributed by atoms with van der Waals surface area (Å²) >= 11 is 1.46. The maximum Gasteiger partial charge on any atom is 0.326 e. The van der Waals surface area contributed by atoms with E-state index < -0.39 is 5.97 Å². The summed E-state index contributed by atoms with van der Waals surface area (Å²) in [4.78, 5) is 31.1. The SMILES string of the molecule is COc1cccc(-c2noc(COC(=O)CN3C(=O)CSc4ccccc43)n2)c1. The number of esters is 1. The van der Waals surface area contributed by atoms with E-state index in [1.807, 2.05) is 42.5 Å². The first-order chi connectivity index (χ1) is 14.1. The minimum absolute atomic E-state index is 0.135. The molecule has 1 amide bonds. The minimum Gasteiger partial charge on any atom is -0.497 e. The summed E-state index contributed by atoms with van der Waals surface area (Å²) in [7, 11) is 1.57. The second kappa shape index (κ2) is 8.36. The number of hydrogen-bond acceptors (Lipinski definition) is 8. The highest BCUT2D eigenvalue weighted by Crippen LogP contribution is 2.34. The standard InChI is InChI=1S/C20H17N3O5S/c1-26-14-6-4-5-13(9-14)20-21-17(28-22-20)11-27-19(25)10-23-15-7-2-3-8-16(15)29-12-18(23)24/h2-9H,10-12H2,1H3. The Morgan fingerprint density at radius 2 is 2.10 bits per heavy atom. The van der Waals surface area contributed by atoms with Crippen molar-refractivity contribution in [1.29, 1.82) is 0 Å². The highest BCUT2D eigenvalue weighted by molar-refractivity contribution is 8.00. The average molecular weight is 411 g/mol. The van der Waals surface area contributed by atoms with Crippen LogP contribution in [0.1, 0.15) is 5.89 Å². The lowest BCUT2D eigenvalue weighted by atomic mass is 10.2. The van der Waals surface area contributed by atoms with Crippen molar-refractivity contribution in [2.75, 3.05) is 24.3 Å². The summed E-state index contributed by atoms with van der Waals surface area (Å²) in [6, 6.07) is 14.7. The molecule has 3 aromatic rings. The number of fused-ring (bicyclic) bond motifs is 1. The smallest absolute Gasteiger partial charge is 0.326 e. The Labute approximate surface area is 170 Å². The number of para-hydroxylation sites is 1.